The molecule has 0 saturated heterocycles. The van der Waals surface area contributed by atoms with Crippen molar-refractivity contribution in [2.24, 2.45) is 0 Å². The van der Waals surface area contributed by atoms with E-state index in [-0.39, 0.29) is 0 Å². The first-order valence-corrected chi connectivity index (χ1v) is 1.76. The van der Waals surface area contributed by atoms with Crippen LogP contribution in [0.1, 0.15) is 0 Å². The fourth-order valence-electron chi connectivity index (χ4n) is 0.0463. The summed E-state index contributed by atoms with van der Waals surface area (Å²) in [5.74, 6) is -1.50. The van der Waals surface area contributed by atoms with Crippen LogP contribution in [0.2, 0.25) is 0 Å². The molecule has 0 aromatic heterocycles. The second kappa shape index (κ2) is 2.64. The van der Waals surface area contributed by atoms with Gasteiger partial charge in [0.2, 0.25) is 0 Å². The van der Waals surface area contributed by atoms with Crippen molar-refractivity contribution in [2.75, 3.05) is 0 Å². The molecular formula is C2H2FO3P. The molecule has 1 atom stereocenters. The molecule has 0 aliphatic carbocycles. The molecule has 0 bridgehead atoms. The van der Waals surface area contributed by atoms with Gasteiger partial charge in [0.05, 0.1) is 9.47 Å². The van der Waals surface area contributed by atoms with E-state index in [9.17, 15) is 14.0 Å². The zero-order valence-electron chi connectivity index (χ0n) is 3.18. The molecule has 0 fully saturated rings. The highest BCUT2D eigenvalue weighted by Gasteiger charge is 2.09. The van der Waals surface area contributed by atoms with Gasteiger partial charge in [-0.05, 0) is 0 Å². The number of hydrogen-bond acceptors (Lipinski definition) is 3. The maximum Gasteiger partial charge on any atom is 0.411 e. The number of rotatable bonds is 1. The van der Waals surface area contributed by atoms with Gasteiger partial charge in [0.25, 0.3) is 0 Å². The second-order valence-electron chi connectivity index (χ2n) is 0.679. The smallest absolute Gasteiger partial charge is 0.411 e. The summed E-state index contributed by atoms with van der Waals surface area (Å²) < 4.78 is 14.5. The number of carbonyl (C=O) groups is 2. The average molecular weight is 124 g/mol. The zero-order chi connectivity index (χ0) is 5.86. The summed E-state index contributed by atoms with van der Waals surface area (Å²) >= 11 is 0. The predicted molar refractivity (Wildman–Crippen MR) is 21.9 cm³/mol. The lowest BCUT2D eigenvalue weighted by Crippen LogP contribution is -2.05. The third-order valence-electron chi connectivity index (χ3n) is 0.268. The molecule has 0 heterocycles. The highest BCUT2D eigenvalue weighted by Crippen LogP contribution is 1.87. The Bertz CT molecular complexity index is 101. The van der Waals surface area contributed by atoms with Gasteiger partial charge in [-0.1, -0.05) is 0 Å². The molecule has 7 heavy (non-hydrogen) atoms. The van der Waals surface area contributed by atoms with Crippen LogP contribution >= 0.6 is 9.47 Å². The molecule has 0 saturated carbocycles. The molecule has 40 valence electrons. The van der Waals surface area contributed by atoms with Crippen molar-refractivity contribution in [3.05, 3.63) is 0 Å². The Morgan fingerprint density at radius 3 is 2.00 bits per heavy atom. The highest BCUT2D eigenvalue weighted by molar-refractivity contribution is 7.11. The topological polar surface area (TPSA) is 43.4 Å². The minimum absolute atomic E-state index is 1.45. The molecule has 3 nitrogen and oxygen atoms in total. The van der Waals surface area contributed by atoms with Crippen LogP contribution in [0.15, 0.2) is 0 Å². The van der Waals surface area contributed by atoms with Crippen LogP contribution in [0.3, 0.4) is 0 Å². The van der Waals surface area contributed by atoms with Crippen LogP contribution in [-0.2, 0) is 14.1 Å². The van der Waals surface area contributed by atoms with E-state index in [4.69, 9.17) is 0 Å². The van der Waals surface area contributed by atoms with Crippen molar-refractivity contribution in [1.29, 1.82) is 0 Å². The van der Waals surface area contributed by atoms with E-state index in [0.717, 1.165) is 0 Å². The maximum absolute atomic E-state index is 11.0. The van der Waals surface area contributed by atoms with E-state index in [0.29, 0.717) is 0 Å². The van der Waals surface area contributed by atoms with Crippen LogP contribution in [0.5, 0.6) is 0 Å². The van der Waals surface area contributed by atoms with Gasteiger partial charge in [-0.3, -0.25) is 0 Å². The lowest BCUT2D eigenvalue weighted by Gasteiger charge is -1.83. The van der Waals surface area contributed by atoms with Gasteiger partial charge >= 0.3 is 12.0 Å². The van der Waals surface area contributed by atoms with E-state index in [2.05, 4.69) is 4.52 Å². The summed E-state index contributed by atoms with van der Waals surface area (Å²) in [7, 11) is 1.45. The summed E-state index contributed by atoms with van der Waals surface area (Å²) in [4.78, 5) is 18.8. The highest BCUT2D eigenvalue weighted by atomic mass is 31.0. The van der Waals surface area contributed by atoms with E-state index in [1.807, 2.05) is 0 Å². The van der Waals surface area contributed by atoms with Crippen molar-refractivity contribution in [3.63, 3.8) is 0 Å². The molecule has 5 heteroatoms. The van der Waals surface area contributed by atoms with E-state index >= 15 is 0 Å². The largest absolute Gasteiger partial charge is 0.444 e. The quantitative estimate of drug-likeness (QED) is 0.276. The Morgan fingerprint density at radius 2 is 2.00 bits per heavy atom. The fourth-order valence-corrected chi connectivity index (χ4v) is 0.139. The predicted octanol–water partition coefficient (Wildman–Crippen LogP) is -0.184. The minimum Gasteiger partial charge on any atom is -0.444 e. The molecule has 0 radical (unpaired) electrons. The second-order valence-corrected chi connectivity index (χ2v) is 0.915. The summed E-state index contributed by atoms with van der Waals surface area (Å²) in [6.07, 6.45) is 0. The maximum atomic E-state index is 11.0. The Labute approximate surface area is 41.1 Å². The summed E-state index contributed by atoms with van der Waals surface area (Å²) in [6.45, 7) is 0. The molecule has 0 N–H and O–H groups in total. The Hall–Kier alpha value is -0.500. The van der Waals surface area contributed by atoms with Gasteiger partial charge in [0.15, 0.2) is 0 Å². The zero-order valence-corrected chi connectivity index (χ0v) is 4.33. The van der Waals surface area contributed by atoms with E-state index in [1.54, 1.807) is 0 Å². The van der Waals surface area contributed by atoms with Crippen molar-refractivity contribution < 1.29 is 18.5 Å². The molecule has 0 aliphatic rings. The molecule has 0 aromatic rings. The van der Waals surface area contributed by atoms with Gasteiger partial charge < -0.3 is 4.52 Å². The first kappa shape index (κ1) is 6.50. The Kier molecular flexibility index (Phi) is 2.45. The van der Waals surface area contributed by atoms with Crippen LogP contribution < -0.4 is 0 Å². The molecule has 1 unspecified atom stereocenters. The molecule has 0 aliphatic heterocycles. The molecule has 0 spiro atoms. The Morgan fingerprint density at radius 1 is 1.57 bits per heavy atom. The summed E-state index contributed by atoms with van der Waals surface area (Å²) in [5.41, 5.74) is 0. The van der Waals surface area contributed by atoms with Crippen molar-refractivity contribution in [3.8, 4) is 0 Å². The monoisotopic (exact) mass is 124 g/mol. The van der Waals surface area contributed by atoms with Crippen molar-refractivity contribution in [1.82, 2.24) is 0 Å². The molecular weight excluding hydrogens is 122 g/mol. The van der Waals surface area contributed by atoms with Gasteiger partial charge in [-0.25, -0.2) is 9.59 Å². The van der Waals surface area contributed by atoms with Gasteiger partial charge in [-0.15, -0.1) is 0 Å². The average Bonchev–Trinajstić information content (AvgIpc) is 1.65. The van der Waals surface area contributed by atoms with E-state index < -0.39 is 12.0 Å². The lowest BCUT2D eigenvalue weighted by atomic mass is 10.8. The van der Waals surface area contributed by atoms with Crippen LogP contribution in [0.4, 0.5) is 4.39 Å². The molecule has 0 rings (SSSR count). The first-order valence-electron chi connectivity index (χ1n) is 1.29. The minimum atomic E-state index is -2.09. The van der Waals surface area contributed by atoms with Crippen LogP contribution in [-0.4, -0.2) is 12.0 Å². The Balaban J connectivity index is 3.58. The number of hydrogen-bond donors (Lipinski definition) is 0. The number of carbonyl (C=O) groups excluding carboxylic acids is 2. The lowest BCUT2D eigenvalue weighted by molar-refractivity contribution is -0.152. The SMILES string of the molecule is O=C(F)C(=O)OP. The first-order chi connectivity index (χ1) is 3.18. The standard InChI is InChI=1S/C2H2FO3P/c3-1(4)2(5)6-7/h7H2. The third kappa shape index (κ3) is 2.23. The van der Waals surface area contributed by atoms with Gasteiger partial charge in [-0.2, -0.15) is 4.39 Å². The van der Waals surface area contributed by atoms with Gasteiger partial charge in [0, 0.05) is 0 Å². The number of halogens is 1. The van der Waals surface area contributed by atoms with Crippen molar-refractivity contribution in [2.45, 2.75) is 0 Å². The fraction of sp³-hybridized carbons (Fsp3) is 0. The normalized spacial score (nSPS) is 7.71. The summed E-state index contributed by atoms with van der Waals surface area (Å²) in [6, 6.07) is -2.09. The summed E-state index contributed by atoms with van der Waals surface area (Å²) in [5, 5.41) is 0. The van der Waals surface area contributed by atoms with Crippen LogP contribution in [0.25, 0.3) is 0 Å². The van der Waals surface area contributed by atoms with E-state index in [1.165, 1.54) is 9.47 Å². The van der Waals surface area contributed by atoms with Crippen LogP contribution in [0, 0.1) is 0 Å². The van der Waals surface area contributed by atoms with Gasteiger partial charge in [0.1, 0.15) is 0 Å². The van der Waals surface area contributed by atoms with Crippen molar-refractivity contribution >= 4 is 21.5 Å². The molecule has 0 aromatic carbocycles. The molecule has 0 amide bonds. The third-order valence-corrected chi connectivity index (χ3v) is 0.482.